The monoisotopic (exact) mass is 375 g/mol. The maximum absolute atomic E-state index is 12.1. The quantitative estimate of drug-likeness (QED) is 0.694. The zero-order valence-corrected chi connectivity index (χ0v) is 16.7. The van der Waals surface area contributed by atoms with Crippen LogP contribution in [0.5, 0.6) is 0 Å². The summed E-state index contributed by atoms with van der Waals surface area (Å²) in [4.78, 5) is 25.5. The fourth-order valence-corrected chi connectivity index (χ4v) is 3.06. The Hall–Kier alpha value is -3.34. The molecule has 0 spiro atoms. The zero-order valence-electron chi connectivity index (χ0n) is 16.7. The van der Waals surface area contributed by atoms with Gasteiger partial charge in [0.15, 0.2) is 0 Å². The Kier molecular flexibility index (Phi) is 5.64. The SMILES string of the molecule is Cc1cc2cc(CNC(=O)/C=C/c3ccc(C(=O)N(C)C)cc3)ccc2n1C. The van der Waals surface area contributed by atoms with E-state index < -0.39 is 0 Å². The van der Waals surface area contributed by atoms with Gasteiger partial charge in [-0.15, -0.1) is 0 Å². The Morgan fingerprint density at radius 2 is 1.79 bits per heavy atom. The highest BCUT2D eigenvalue weighted by molar-refractivity contribution is 5.94. The minimum absolute atomic E-state index is 0.0427. The van der Waals surface area contributed by atoms with Gasteiger partial charge in [-0.05, 0) is 54.5 Å². The molecule has 0 atom stereocenters. The van der Waals surface area contributed by atoms with E-state index in [0.29, 0.717) is 12.1 Å². The second kappa shape index (κ2) is 8.13. The Morgan fingerprint density at radius 1 is 1.07 bits per heavy atom. The van der Waals surface area contributed by atoms with Crippen molar-refractivity contribution < 1.29 is 9.59 Å². The largest absolute Gasteiger partial charge is 0.348 e. The van der Waals surface area contributed by atoms with Crippen molar-refractivity contribution in [3.05, 3.63) is 77.0 Å². The molecule has 3 aromatic rings. The van der Waals surface area contributed by atoms with Crippen LogP contribution >= 0.6 is 0 Å². The summed E-state index contributed by atoms with van der Waals surface area (Å²) in [7, 11) is 5.49. The molecular weight excluding hydrogens is 350 g/mol. The average Bonchev–Trinajstić information content (AvgIpc) is 2.97. The van der Waals surface area contributed by atoms with E-state index in [1.807, 2.05) is 25.2 Å². The highest BCUT2D eigenvalue weighted by atomic mass is 16.2. The van der Waals surface area contributed by atoms with Gasteiger partial charge >= 0.3 is 0 Å². The van der Waals surface area contributed by atoms with Gasteiger partial charge in [-0.2, -0.15) is 0 Å². The standard InChI is InChI=1S/C23H25N3O2/c1-16-13-20-14-18(7-11-21(20)26(16)4)15-24-22(27)12-8-17-5-9-19(10-6-17)23(28)25(2)3/h5-14H,15H2,1-4H3,(H,24,27)/b12-8+. The van der Waals surface area contributed by atoms with Crippen molar-refractivity contribution in [2.24, 2.45) is 7.05 Å². The maximum Gasteiger partial charge on any atom is 0.253 e. The van der Waals surface area contributed by atoms with Crippen LogP contribution in [-0.2, 0) is 18.4 Å². The topological polar surface area (TPSA) is 54.3 Å². The molecule has 144 valence electrons. The molecule has 1 N–H and O–H groups in total. The van der Waals surface area contributed by atoms with Gasteiger partial charge in [-0.3, -0.25) is 9.59 Å². The summed E-state index contributed by atoms with van der Waals surface area (Å²) in [5.74, 6) is -0.198. The number of nitrogens with one attached hydrogen (secondary N) is 1. The molecule has 3 rings (SSSR count). The first-order chi connectivity index (χ1) is 13.3. The Balaban J connectivity index is 1.59. The second-order valence-corrected chi connectivity index (χ2v) is 7.11. The smallest absolute Gasteiger partial charge is 0.253 e. The molecule has 5 nitrogen and oxygen atoms in total. The molecule has 0 radical (unpaired) electrons. The van der Waals surface area contributed by atoms with Gasteiger partial charge in [0.2, 0.25) is 5.91 Å². The Bertz CT molecular complexity index is 1040. The van der Waals surface area contributed by atoms with Crippen LogP contribution in [0.2, 0.25) is 0 Å². The predicted octanol–water partition coefficient (Wildman–Crippen LogP) is 3.52. The molecule has 2 aromatic carbocycles. The molecule has 0 bridgehead atoms. The summed E-state index contributed by atoms with van der Waals surface area (Å²) < 4.78 is 2.15. The number of hydrogen-bond acceptors (Lipinski definition) is 2. The van der Waals surface area contributed by atoms with Gasteiger partial charge in [0.25, 0.3) is 5.91 Å². The Labute approximate surface area is 165 Å². The summed E-state index contributed by atoms with van der Waals surface area (Å²) in [6, 6.07) is 15.5. The minimum atomic E-state index is -0.155. The van der Waals surface area contributed by atoms with E-state index in [0.717, 1.165) is 11.1 Å². The second-order valence-electron chi connectivity index (χ2n) is 7.11. The van der Waals surface area contributed by atoms with Crippen molar-refractivity contribution in [2.75, 3.05) is 14.1 Å². The van der Waals surface area contributed by atoms with Crippen molar-refractivity contribution in [1.82, 2.24) is 14.8 Å². The third kappa shape index (κ3) is 4.31. The number of aryl methyl sites for hydroxylation is 2. The molecular formula is C23H25N3O2. The van der Waals surface area contributed by atoms with E-state index in [2.05, 4.69) is 35.0 Å². The number of hydrogen-bond donors (Lipinski definition) is 1. The molecule has 2 amide bonds. The number of rotatable bonds is 5. The lowest BCUT2D eigenvalue weighted by Crippen LogP contribution is -2.21. The molecule has 1 aromatic heterocycles. The molecule has 0 fully saturated rings. The summed E-state index contributed by atoms with van der Waals surface area (Å²) in [6.07, 6.45) is 3.25. The summed E-state index contributed by atoms with van der Waals surface area (Å²) in [5, 5.41) is 4.08. The predicted molar refractivity (Wildman–Crippen MR) is 113 cm³/mol. The lowest BCUT2D eigenvalue weighted by molar-refractivity contribution is -0.116. The highest BCUT2D eigenvalue weighted by Gasteiger charge is 2.07. The zero-order chi connectivity index (χ0) is 20.3. The van der Waals surface area contributed by atoms with E-state index in [9.17, 15) is 9.59 Å². The van der Waals surface area contributed by atoms with Gasteiger partial charge < -0.3 is 14.8 Å². The summed E-state index contributed by atoms with van der Waals surface area (Å²) in [6.45, 7) is 2.55. The summed E-state index contributed by atoms with van der Waals surface area (Å²) >= 11 is 0. The number of nitrogens with zero attached hydrogens (tertiary/aromatic N) is 2. The van der Waals surface area contributed by atoms with Crippen LogP contribution in [0.3, 0.4) is 0 Å². The lowest BCUT2D eigenvalue weighted by atomic mass is 10.1. The maximum atomic E-state index is 12.1. The first-order valence-corrected chi connectivity index (χ1v) is 9.18. The van der Waals surface area contributed by atoms with E-state index in [1.54, 1.807) is 32.3 Å². The molecule has 0 saturated carbocycles. The van der Waals surface area contributed by atoms with Crippen LogP contribution in [-0.4, -0.2) is 35.4 Å². The van der Waals surface area contributed by atoms with Crippen LogP contribution in [0.25, 0.3) is 17.0 Å². The fourth-order valence-electron chi connectivity index (χ4n) is 3.06. The van der Waals surface area contributed by atoms with E-state index in [-0.39, 0.29) is 11.8 Å². The molecule has 0 unspecified atom stereocenters. The normalized spacial score (nSPS) is 11.1. The Morgan fingerprint density at radius 3 is 2.46 bits per heavy atom. The third-order valence-corrected chi connectivity index (χ3v) is 4.80. The third-order valence-electron chi connectivity index (χ3n) is 4.80. The molecule has 0 aliphatic carbocycles. The molecule has 1 heterocycles. The lowest BCUT2D eigenvalue weighted by Gasteiger charge is -2.09. The van der Waals surface area contributed by atoms with Crippen molar-refractivity contribution in [2.45, 2.75) is 13.5 Å². The number of fused-ring (bicyclic) bond motifs is 1. The van der Waals surface area contributed by atoms with Crippen molar-refractivity contribution in [3.63, 3.8) is 0 Å². The number of benzene rings is 2. The van der Waals surface area contributed by atoms with Crippen molar-refractivity contribution >= 4 is 28.8 Å². The number of aromatic nitrogens is 1. The van der Waals surface area contributed by atoms with Crippen LogP contribution in [0.1, 0.15) is 27.2 Å². The number of carbonyl (C=O) groups excluding carboxylic acids is 2. The fraction of sp³-hybridized carbons (Fsp3) is 0.217. The molecule has 0 aliphatic heterocycles. The van der Waals surface area contributed by atoms with Gasteiger partial charge in [-0.1, -0.05) is 18.2 Å². The van der Waals surface area contributed by atoms with E-state index in [4.69, 9.17) is 0 Å². The molecule has 0 aliphatic rings. The molecule has 5 heteroatoms. The van der Waals surface area contributed by atoms with Gasteiger partial charge in [0.05, 0.1) is 0 Å². The van der Waals surface area contributed by atoms with Crippen LogP contribution in [0, 0.1) is 6.92 Å². The molecule has 28 heavy (non-hydrogen) atoms. The number of amides is 2. The van der Waals surface area contributed by atoms with Crippen molar-refractivity contribution in [3.8, 4) is 0 Å². The van der Waals surface area contributed by atoms with Gasteiger partial charge in [-0.25, -0.2) is 0 Å². The average molecular weight is 375 g/mol. The first kappa shape index (κ1) is 19.4. The minimum Gasteiger partial charge on any atom is -0.348 e. The van der Waals surface area contributed by atoms with Crippen LogP contribution < -0.4 is 5.32 Å². The summed E-state index contributed by atoms with van der Waals surface area (Å²) in [5.41, 5.74) is 4.94. The van der Waals surface area contributed by atoms with E-state index in [1.165, 1.54) is 27.6 Å². The molecule has 0 saturated heterocycles. The van der Waals surface area contributed by atoms with E-state index >= 15 is 0 Å². The van der Waals surface area contributed by atoms with Crippen LogP contribution in [0.15, 0.2) is 54.6 Å². The number of carbonyl (C=O) groups is 2. The van der Waals surface area contributed by atoms with Gasteiger partial charge in [0, 0.05) is 55.9 Å². The van der Waals surface area contributed by atoms with Gasteiger partial charge in [0.1, 0.15) is 0 Å². The highest BCUT2D eigenvalue weighted by Crippen LogP contribution is 2.19. The van der Waals surface area contributed by atoms with Crippen molar-refractivity contribution in [1.29, 1.82) is 0 Å². The van der Waals surface area contributed by atoms with Crippen LogP contribution in [0.4, 0.5) is 0 Å². The first-order valence-electron chi connectivity index (χ1n) is 9.18.